The van der Waals surface area contributed by atoms with Crippen molar-refractivity contribution in [3.05, 3.63) is 59.7 Å². The maximum Gasteiger partial charge on any atom is 0.407 e. The molecule has 154 valence electrons. The van der Waals surface area contributed by atoms with E-state index in [1.54, 1.807) is 0 Å². The lowest BCUT2D eigenvalue weighted by Crippen LogP contribution is -2.44. The monoisotopic (exact) mass is 398 g/mol. The number of rotatable bonds is 9. The van der Waals surface area contributed by atoms with E-state index in [9.17, 15) is 14.7 Å². The molecule has 0 bridgehead atoms. The van der Waals surface area contributed by atoms with Crippen LogP contribution in [0.25, 0.3) is 11.1 Å². The van der Waals surface area contributed by atoms with Crippen molar-refractivity contribution in [2.24, 2.45) is 0 Å². The Morgan fingerprint density at radius 3 is 2.21 bits per heavy atom. The van der Waals surface area contributed by atoms with E-state index in [-0.39, 0.29) is 19.1 Å². The van der Waals surface area contributed by atoms with Gasteiger partial charge in [0.1, 0.15) is 6.61 Å². The molecule has 2 aromatic rings. The van der Waals surface area contributed by atoms with Gasteiger partial charge in [0, 0.05) is 12.5 Å². The lowest BCUT2D eigenvalue weighted by atomic mass is 9.98. The topological polar surface area (TPSA) is 88.1 Å². The Kier molecular flexibility index (Phi) is 6.85. The number of ether oxygens (including phenoxy) is 2. The molecule has 1 aliphatic carbocycles. The molecule has 7 heteroatoms. The molecule has 1 aliphatic rings. The maximum atomic E-state index is 12.2. The molecule has 0 saturated carbocycles. The lowest BCUT2D eigenvalue weighted by Gasteiger charge is -2.18. The molecule has 0 radical (unpaired) electrons. The number of fused-ring (bicyclic) bond motifs is 3. The van der Waals surface area contributed by atoms with Crippen molar-refractivity contribution in [2.75, 3.05) is 40.5 Å². The van der Waals surface area contributed by atoms with Crippen molar-refractivity contribution in [1.82, 2.24) is 10.2 Å². The first-order valence-corrected chi connectivity index (χ1v) is 9.54. The summed E-state index contributed by atoms with van der Waals surface area (Å²) in [5.41, 5.74) is 4.47. The van der Waals surface area contributed by atoms with Crippen LogP contribution in [0.5, 0.6) is 0 Å². The Hall–Kier alpha value is -2.90. The highest BCUT2D eigenvalue weighted by Crippen LogP contribution is 2.44. The van der Waals surface area contributed by atoms with Gasteiger partial charge < -0.3 is 24.8 Å². The standard InChI is InChI=1S/C22H26N2O5/c1-24(2)11-12-28-14-20(21(25)26)23-22(27)29-13-19-17-9-5-3-7-15(17)16-8-4-6-10-18(16)19/h3-10,19-20H,11-14H2,1-2H3,(H,23,27)(H,25,26)/t20-/m0/s1. The van der Waals surface area contributed by atoms with Crippen LogP contribution < -0.4 is 5.32 Å². The van der Waals surface area contributed by atoms with Crippen LogP contribution in [0.4, 0.5) is 4.79 Å². The maximum absolute atomic E-state index is 12.2. The highest BCUT2D eigenvalue weighted by molar-refractivity contribution is 5.81. The van der Waals surface area contributed by atoms with Gasteiger partial charge in [-0.25, -0.2) is 9.59 Å². The smallest absolute Gasteiger partial charge is 0.407 e. The minimum absolute atomic E-state index is 0.0761. The fourth-order valence-corrected chi connectivity index (χ4v) is 3.41. The first kappa shape index (κ1) is 20.8. The van der Waals surface area contributed by atoms with Gasteiger partial charge in [-0.15, -0.1) is 0 Å². The number of benzene rings is 2. The van der Waals surface area contributed by atoms with Crippen molar-refractivity contribution >= 4 is 12.1 Å². The van der Waals surface area contributed by atoms with E-state index in [0.29, 0.717) is 13.2 Å². The summed E-state index contributed by atoms with van der Waals surface area (Å²) in [6, 6.07) is 14.9. The van der Waals surface area contributed by atoms with Gasteiger partial charge in [0.05, 0.1) is 13.2 Å². The second-order valence-corrected chi connectivity index (χ2v) is 7.24. The van der Waals surface area contributed by atoms with Gasteiger partial charge in [-0.05, 0) is 36.3 Å². The van der Waals surface area contributed by atoms with Gasteiger partial charge in [-0.1, -0.05) is 48.5 Å². The average Bonchev–Trinajstić information content (AvgIpc) is 3.02. The van der Waals surface area contributed by atoms with Crippen molar-refractivity contribution < 1.29 is 24.2 Å². The number of alkyl carbamates (subject to hydrolysis) is 1. The molecule has 0 aromatic heterocycles. The number of nitrogens with zero attached hydrogens (tertiary/aromatic N) is 1. The number of hydrogen-bond donors (Lipinski definition) is 2. The number of aliphatic carboxylic acids is 1. The molecule has 3 rings (SSSR count). The SMILES string of the molecule is CN(C)CCOC[C@H](NC(=O)OCC1c2ccccc2-c2ccccc21)C(=O)O. The summed E-state index contributed by atoms with van der Waals surface area (Å²) in [4.78, 5) is 25.5. The van der Waals surface area contributed by atoms with Crippen molar-refractivity contribution in [2.45, 2.75) is 12.0 Å². The van der Waals surface area contributed by atoms with Gasteiger partial charge in [-0.2, -0.15) is 0 Å². The molecular formula is C22H26N2O5. The minimum Gasteiger partial charge on any atom is -0.480 e. The summed E-state index contributed by atoms with van der Waals surface area (Å²) in [5, 5.41) is 11.7. The second-order valence-electron chi connectivity index (χ2n) is 7.24. The van der Waals surface area contributed by atoms with Crippen molar-refractivity contribution in [3.63, 3.8) is 0 Å². The number of carboxylic acids is 1. The zero-order valence-corrected chi connectivity index (χ0v) is 16.6. The highest BCUT2D eigenvalue weighted by atomic mass is 16.5. The van der Waals surface area contributed by atoms with Gasteiger partial charge in [0.15, 0.2) is 6.04 Å². The summed E-state index contributed by atoms with van der Waals surface area (Å²) >= 11 is 0. The number of amides is 1. The molecule has 0 fully saturated rings. The van der Waals surface area contributed by atoms with Crippen LogP contribution in [0.1, 0.15) is 17.0 Å². The Morgan fingerprint density at radius 2 is 1.66 bits per heavy atom. The van der Waals surface area contributed by atoms with Crippen LogP contribution in [0.2, 0.25) is 0 Å². The van der Waals surface area contributed by atoms with Crippen LogP contribution >= 0.6 is 0 Å². The third-order valence-corrected chi connectivity index (χ3v) is 4.90. The Balaban J connectivity index is 1.58. The summed E-state index contributed by atoms with van der Waals surface area (Å²) < 4.78 is 10.7. The Morgan fingerprint density at radius 1 is 1.07 bits per heavy atom. The number of likely N-dealkylation sites (N-methyl/N-ethyl adjacent to an activating group) is 1. The molecule has 29 heavy (non-hydrogen) atoms. The summed E-state index contributed by atoms with van der Waals surface area (Å²) in [7, 11) is 3.79. The molecule has 0 spiro atoms. The zero-order valence-electron chi connectivity index (χ0n) is 16.6. The van der Waals surface area contributed by atoms with E-state index in [2.05, 4.69) is 17.4 Å². The van der Waals surface area contributed by atoms with E-state index in [1.807, 2.05) is 55.4 Å². The quantitative estimate of drug-likeness (QED) is 0.631. The Labute approximate surface area is 170 Å². The number of carboxylic acid groups (broad SMARTS) is 1. The molecule has 0 saturated heterocycles. The van der Waals surface area contributed by atoms with Gasteiger partial charge >= 0.3 is 12.1 Å². The first-order valence-electron chi connectivity index (χ1n) is 9.54. The van der Waals surface area contributed by atoms with Crippen LogP contribution in [0.3, 0.4) is 0 Å². The first-order chi connectivity index (χ1) is 14.0. The number of carbonyl (C=O) groups is 2. The van der Waals surface area contributed by atoms with Crippen LogP contribution in [0, 0.1) is 0 Å². The third kappa shape index (κ3) is 5.13. The minimum atomic E-state index is -1.16. The largest absolute Gasteiger partial charge is 0.480 e. The molecule has 1 amide bonds. The van der Waals surface area contributed by atoms with E-state index in [4.69, 9.17) is 9.47 Å². The van der Waals surface area contributed by atoms with Gasteiger partial charge in [0.2, 0.25) is 0 Å². The van der Waals surface area contributed by atoms with E-state index >= 15 is 0 Å². The predicted molar refractivity (Wildman–Crippen MR) is 109 cm³/mol. The van der Waals surface area contributed by atoms with E-state index in [0.717, 1.165) is 22.3 Å². The summed E-state index contributed by atoms with van der Waals surface area (Å²) in [5.74, 6) is -1.24. The molecular weight excluding hydrogens is 372 g/mol. The summed E-state index contributed by atoms with van der Waals surface area (Å²) in [6.07, 6.45) is -0.768. The predicted octanol–water partition coefficient (Wildman–Crippen LogP) is 2.56. The summed E-state index contributed by atoms with van der Waals surface area (Å²) in [6.45, 7) is 1.06. The zero-order chi connectivity index (χ0) is 20.8. The van der Waals surface area contributed by atoms with E-state index < -0.39 is 18.1 Å². The molecule has 0 aliphatic heterocycles. The average molecular weight is 398 g/mol. The molecule has 0 unspecified atom stereocenters. The fourth-order valence-electron chi connectivity index (χ4n) is 3.41. The van der Waals surface area contributed by atoms with Gasteiger partial charge in [0.25, 0.3) is 0 Å². The molecule has 7 nitrogen and oxygen atoms in total. The van der Waals surface area contributed by atoms with Crippen LogP contribution in [-0.4, -0.2) is 68.6 Å². The normalized spacial score (nSPS) is 13.6. The van der Waals surface area contributed by atoms with Crippen LogP contribution in [-0.2, 0) is 14.3 Å². The molecule has 0 heterocycles. The molecule has 1 atom stereocenters. The third-order valence-electron chi connectivity index (χ3n) is 4.90. The van der Waals surface area contributed by atoms with Gasteiger partial charge in [-0.3, -0.25) is 0 Å². The second kappa shape index (κ2) is 9.54. The number of carbonyl (C=O) groups excluding carboxylic acids is 1. The Bertz CT molecular complexity index is 822. The number of hydrogen-bond acceptors (Lipinski definition) is 5. The number of nitrogens with one attached hydrogen (secondary N) is 1. The van der Waals surface area contributed by atoms with Crippen LogP contribution in [0.15, 0.2) is 48.5 Å². The lowest BCUT2D eigenvalue weighted by molar-refractivity contribution is -0.141. The highest BCUT2D eigenvalue weighted by Gasteiger charge is 2.29. The van der Waals surface area contributed by atoms with Crippen molar-refractivity contribution in [3.8, 4) is 11.1 Å². The fraction of sp³-hybridized carbons (Fsp3) is 0.364. The van der Waals surface area contributed by atoms with E-state index in [1.165, 1.54) is 0 Å². The van der Waals surface area contributed by atoms with Crippen molar-refractivity contribution in [1.29, 1.82) is 0 Å². The molecule has 2 N–H and O–H groups in total. The molecule has 2 aromatic carbocycles.